The van der Waals surface area contributed by atoms with Crippen LogP contribution < -0.4 is 5.63 Å². The summed E-state index contributed by atoms with van der Waals surface area (Å²) in [6.07, 6.45) is 1.74. The number of hydrogen-bond acceptors (Lipinski definition) is 4. The number of carbonyl (C=O) groups excluding carboxylic acids is 1. The molecule has 0 fully saturated rings. The van der Waals surface area contributed by atoms with Crippen molar-refractivity contribution in [3.63, 3.8) is 0 Å². The SMILES string of the molecule is COC(=O)c1c(-c2ccc(Cl)cc2)cn2c1c(=O)oc1ccccc12. The topological polar surface area (TPSA) is 60.9 Å². The standard InChI is InChI=1S/C19H12ClNO4/c1-24-18(22)16-13(11-6-8-12(20)9-7-11)10-21-14-4-2-3-5-15(14)25-19(23)17(16)21/h2-10H,1H3. The van der Waals surface area contributed by atoms with Crippen LogP contribution in [0.3, 0.4) is 0 Å². The number of benzene rings is 2. The Balaban J connectivity index is 2.17. The molecule has 0 amide bonds. The van der Waals surface area contributed by atoms with Crippen LogP contribution in [0.25, 0.3) is 27.7 Å². The van der Waals surface area contributed by atoms with E-state index in [0.717, 1.165) is 5.56 Å². The monoisotopic (exact) mass is 353 g/mol. The number of para-hydroxylation sites is 2. The lowest BCUT2D eigenvalue weighted by Gasteiger charge is -2.03. The molecule has 2 aromatic heterocycles. The number of rotatable bonds is 2. The highest BCUT2D eigenvalue weighted by molar-refractivity contribution is 6.30. The molecule has 0 atom stereocenters. The summed E-state index contributed by atoms with van der Waals surface area (Å²) in [6, 6.07) is 14.2. The van der Waals surface area contributed by atoms with E-state index in [4.69, 9.17) is 20.8 Å². The number of nitrogens with zero attached hydrogens (tertiary/aromatic N) is 1. The van der Waals surface area contributed by atoms with Crippen molar-refractivity contribution in [2.45, 2.75) is 0 Å². The molecular formula is C19H12ClNO4. The molecule has 4 rings (SSSR count). The van der Waals surface area contributed by atoms with Crippen LogP contribution >= 0.6 is 11.6 Å². The van der Waals surface area contributed by atoms with Crippen LogP contribution in [0.15, 0.2) is 63.9 Å². The van der Waals surface area contributed by atoms with E-state index < -0.39 is 11.6 Å². The van der Waals surface area contributed by atoms with E-state index in [1.54, 1.807) is 47.0 Å². The van der Waals surface area contributed by atoms with Crippen molar-refractivity contribution < 1.29 is 13.9 Å². The third-order valence-electron chi connectivity index (χ3n) is 4.07. The number of carbonyl (C=O) groups is 1. The first-order chi connectivity index (χ1) is 12.1. The molecule has 6 heteroatoms. The zero-order valence-corrected chi connectivity index (χ0v) is 13.9. The zero-order chi connectivity index (χ0) is 17.6. The van der Waals surface area contributed by atoms with Crippen molar-refractivity contribution >= 4 is 34.2 Å². The fourth-order valence-corrected chi connectivity index (χ4v) is 3.07. The van der Waals surface area contributed by atoms with E-state index in [0.29, 0.717) is 21.7 Å². The van der Waals surface area contributed by atoms with Crippen LogP contribution in [0.2, 0.25) is 5.02 Å². The van der Waals surface area contributed by atoms with Crippen molar-refractivity contribution in [3.05, 3.63) is 75.7 Å². The Morgan fingerprint density at radius 3 is 2.56 bits per heavy atom. The van der Waals surface area contributed by atoms with E-state index in [9.17, 15) is 9.59 Å². The number of ether oxygens (including phenoxy) is 1. The van der Waals surface area contributed by atoms with Crippen molar-refractivity contribution in [2.75, 3.05) is 7.11 Å². The molecule has 124 valence electrons. The maximum atomic E-state index is 12.5. The molecule has 2 aromatic carbocycles. The van der Waals surface area contributed by atoms with Gasteiger partial charge in [-0.2, -0.15) is 0 Å². The van der Waals surface area contributed by atoms with Gasteiger partial charge in [0.25, 0.3) is 0 Å². The van der Waals surface area contributed by atoms with E-state index in [1.807, 2.05) is 12.1 Å². The summed E-state index contributed by atoms with van der Waals surface area (Å²) in [5.41, 5.74) is 2.17. The fourth-order valence-electron chi connectivity index (χ4n) is 2.94. The van der Waals surface area contributed by atoms with Gasteiger partial charge in [-0.25, -0.2) is 9.59 Å². The van der Waals surface area contributed by atoms with Gasteiger partial charge in [0, 0.05) is 16.8 Å². The smallest absolute Gasteiger partial charge is 0.361 e. The highest BCUT2D eigenvalue weighted by Crippen LogP contribution is 2.31. The molecule has 2 heterocycles. The largest absolute Gasteiger partial charge is 0.465 e. The molecule has 0 aliphatic carbocycles. The van der Waals surface area contributed by atoms with Gasteiger partial charge in [-0.1, -0.05) is 35.9 Å². The molecule has 0 bridgehead atoms. The van der Waals surface area contributed by atoms with Gasteiger partial charge < -0.3 is 13.6 Å². The Kier molecular flexibility index (Phi) is 3.58. The number of fused-ring (bicyclic) bond motifs is 3. The second-order valence-electron chi connectivity index (χ2n) is 5.49. The molecule has 0 unspecified atom stereocenters. The van der Waals surface area contributed by atoms with Gasteiger partial charge in [-0.15, -0.1) is 0 Å². The maximum absolute atomic E-state index is 12.5. The van der Waals surface area contributed by atoms with E-state index in [1.165, 1.54) is 7.11 Å². The van der Waals surface area contributed by atoms with Crippen molar-refractivity contribution in [2.24, 2.45) is 0 Å². The van der Waals surface area contributed by atoms with Crippen molar-refractivity contribution in [3.8, 4) is 11.1 Å². The minimum absolute atomic E-state index is 0.149. The second kappa shape index (κ2) is 5.79. The van der Waals surface area contributed by atoms with Crippen molar-refractivity contribution in [1.29, 1.82) is 0 Å². The summed E-state index contributed by atoms with van der Waals surface area (Å²) in [4.78, 5) is 24.9. The maximum Gasteiger partial charge on any atom is 0.361 e. The minimum Gasteiger partial charge on any atom is -0.465 e. The summed E-state index contributed by atoms with van der Waals surface area (Å²) >= 11 is 5.95. The second-order valence-corrected chi connectivity index (χ2v) is 5.93. The fraction of sp³-hybridized carbons (Fsp3) is 0.0526. The highest BCUT2D eigenvalue weighted by atomic mass is 35.5. The molecule has 0 saturated heterocycles. The molecule has 0 aliphatic heterocycles. The number of halogens is 1. The first-order valence-corrected chi connectivity index (χ1v) is 7.89. The summed E-state index contributed by atoms with van der Waals surface area (Å²) in [7, 11) is 1.28. The average Bonchev–Trinajstić information content (AvgIpc) is 3.03. The van der Waals surface area contributed by atoms with Gasteiger partial charge >= 0.3 is 11.6 Å². The lowest BCUT2D eigenvalue weighted by Crippen LogP contribution is -2.10. The molecule has 5 nitrogen and oxygen atoms in total. The highest BCUT2D eigenvalue weighted by Gasteiger charge is 2.24. The lowest BCUT2D eigenvalue weighted by molar-refractivity contribution is 0.0603. The Morgan fingerprint density at radius 2 is 1.84 bits per heavy atom. The quantitative estimate of drug-likeness (QED) is 0.508. The molecule has 0 radical (unpaired) electrons. The third kappa shape index (κ3) is 2.40. The van der Waals surface area contributed by atoms with Crippen LogP contribution in [0.4, 0.5) is 0 Å². The third-order valence-corrected chi connectivity index (χ3v) is 4.32. The number of aromatic nitrogens is 1. The molecule has 0 aliphatic rings. The van der Waals surface area contributed by atoms with E-state index in [-0.39, 0.29) is 11.1 Å². The van der Waals surface area contributed by atoms with E-state index >= 15 is 0 Å². The van der Waals surface area contributed by atoms with Gasteiger partial charge in [0.15, 0.2) is 5.58 Å². The molecule has 0 saturated carbocycles. The van der Waals surface area contributed by atoms with E-state index in [2.05, 4.69) is 0 Å². The Hall–Kier alpha value is -3.05. The zero-order valence-electron chi connectivity index (χ0n) is 13.2. The van der Waals surface area contributed by atoms with Gasteiger partial charge in [0.1, 0.15) is 11.1 Å². The Labute approximate surface area is 147 Å². The Bertz CT molecular complexity index is 1170. The molecule has 4 aromatic rings. The van der Waals surface area contributed by atoms with Gasteiger partial charge in [0.05, 0.1) is 12.6 Å². The summed E-state index contributed by atoms with van der Waals surface area (Å²) in [5.74, 6) is -0.602. The van der Waals surface area contributed by atoms with Crippen molar-refractivity contribution in [1.82, 2.24) is 4.40 Å². The predicted octanol–water partition coefficient (Wildman–Crippen LogP) is 4.15. The van der Waals surface area contributed by atoms with Gasteiger partial charge in [0.2, 0.25) is 0 Å². The van der Waals surface area contributed by atoms with Gasteiger partial charge in [-0.05, 0) is 29.8 Å². The van der Waals surface area contributed by atoms with Crippen LogP contribution in [0.1, 0.15) is 10.4 Å². The first kappa shape index (κ1) is 15.5. The minimum atomic E-state index is -0.602. The first-order valence-electron chi connectivity index (χ1n) is 7.51. The average molecular weight is 354 g/mol. The molecule has 0 N–H and O–H groups in total. The molecule has 0 spiro atoms. The lowest BCUT2D eigenvalue weighted by atomic mass is 10.0. The summed E-state index contributed by atoms with van der Waals surface area (Å²) in [5, 5.41) is 0.581. The number of hydrogen-bond donors (Lipinski definition) is 0. The predicted molar refractivity (Wildman–Crippen MR) is 95.2 cm³/mol. The molecule has 25 heavy (non-hydrogen) atoms. The molecular weight excluding hydrogens is 342 g/mol. The summed E-state index contributed by atoms with van der Waals surface area (Å²) in [6.45, 7) is 0. The van der Waals surface area contributed by atoms with Gasteiger partial charge in [-0.3, -0.25) is 0 Å². The number of methoxy groups -OCH3 is 1. The normalized spacial score (nSPS) is 11.1. The van der Waals surface area contributed by atoms with Crippen LogP contribution in [-0.2, 0) is 4.74 Å². The Morgan fingerprint density at radius 1 is 1.12 bits per heavy atom. The summed E-state index contributed by atoms with van der Waals surface area (Å²) < 4.78 is 11.9. The number of esters is 1. The van der Waals surface area contributed by atoms with Crippen LogP contribution in [0, 0.1) is 0 Å². The van der Waals surface area contributed by atoms with Crippen LogP contribution in [-0.4, -0.2) is 17.5 Å². The van der Waals surface area contributed by atoms with Crippen LogP contribution in [0.5, 0.6) is 0 Å².